The summed E-state index contributed by atoms with van der Waals surface area (Å²) in [5.74, 6) is 0. The minimum absolute atomic E-state index is 0.876. The molecule has 2 rings (SSSR count). The standard InChI is InChI=1S/C9H7N2S/c1-2-4-8(5-3-1)11-9-10-6-7-12-9/h1-5,7H,(H,10,11). The van der Waals surface area contributed by atoms with Gasteiger partial charge in [0, 0.05) is 11.1 Å². The van der Waals surface area contributed by atoms with Crippen molar-refractivity contribution in [1.29, 1.82) is 0 Å². The molecule has 0 saturated carbocycles. The fraction of sp³-hybridized carbons (Fsp3) is 0. The first-order valence-corrected chi connectivity index (χ1v) is 4.47. The third-order valence-corrected chi connectivity index (χ3v) is 2.05. The minimum atomic E-state index is 0.876. The Morgan fingerprint density at radius 3 is 2.75 bits per heavy atom. The predicted octanol–water partition coefficient (Wildman–Crippen LogP) is 2.69. The van der Waals surface area contributed by atoms with Gasteiger partial charge in [-0.25, -0.2) is 4.98 Å². The van der Waals surface area contributed by atoms with E-state index < -0.39 is 0 Å². The molecule has 1 heterocycles. The lowest BCUT2D eigenvalue weighted by Crippen LogP contribution is -1.87. The van der Waals surface area contributed by atoms with Crippen molar-refractivity contribution in [2.24, 2.45) is 0 Å². The molecule has 3 heteroatoms. The maximum absolute atomic E-state index is 3.99. The fourth-order valence-electron chi connectivity index (χ4n) is 0.896. The van der Waals surface area contributed by atoms with Gasteiger partial charge in [0.15, 0.2) is 5.13 Å². The molecule has 0 bridgehead atoms. The SMILES string of the molecule is [c]1csc(Nc2ccccc2)n1. The highest BCUT2D eigenvalue weighted by Gasteiger charge is 1.93. The number of nitrogens with one attached hydrogen (secondary N) is 1. The zero-order chi connectivity index (χ0) is 8.23. The molecule has 0 atom stereocenters. The van der Waals surface area contributed by atoms with Gasteiger partial charge in [-0.15, -0.1) is 11.3 Å². The zero-order valence-corrected chi connectivity index (χ0v) is 7.14. The largest absolute Gasteiger partial charge is 0.332 e. The van der Waals surface area contributed by atoms with Gasteiger partial charge in [0.2, 0.25) is 0 Å². The lowest BCUT2D eigenvalue weighted by Gasteiger charge is -1.99. The van der Waals surface area contributed by atoms with E-state index in [2.05, 4.69) is 16.5 Å². The molecule has 0 aliphatic rings. The third-order valence-electron chi connectivity index (χ3n) is 1.41. The van der Waals surface area contributed by atoms with E-state index in [9.17, 15) is 0 Å². The highest BCUT2D eigenvalue weighted by Crippen LogP contribution is 2.16. The van der Waals surface area contributed by atoms with Crippen molar-refractivity contribution < 1.29 is 0 Å². The Labute approximate surface area is 74.9 Å². The van der Waals surface area contributed by atoms with Crippen LogP contribution in [-0.2, 0) is 0 Å². The van der Waals surface area contributed by atoms with Crippen LogP contribution in [0.3, 0.4) is 0 Å². The van der Waals surface area contributed by atoms with Gasteiger partial charge in [-0.2, -0.15) is 0 Å². The van der Waals surface area contributed by atoms with E-state index in [1.807, 2.05) is 35.7 Å². The Hall–Kier alpha value is -1.35. The monoisotopic (exact) mass is 175 g/mol. The zero-order valence-electron chi connectivity index (χ0n) is 6.32. The van der Waals surface area contributed by atoms with E-state index in [0.29, 0.717) is 0 Å². The van der Waals surface area contributed by atoms with Crippen LogP contribution in [0, 0.1) is 6.20 Å². The van der Waals surface area contributed by atoms with Crippen molar-refractivity contribution in [3.05, 3.63) is 41.9 Å². The molecule has 1 N–H and O–H groups in total. The highest BCUT2D eigenvalue weighted by molar-refractivity contribution is 7.13. The average Bonchev–Trinajstić information content (AvgIpc) is 2.59. The summed E-state index contributed by atoms with van der Waals surface area (Å²) >= 11 is 1.54. The molecule has 0 spiro atoms. The number of benzene rings is 1. The highest BCUT2D eigenvalue weighted by atomic mass is 32.1. The number of hydrogen-bond donors (Lipinski definition) is 1. The summed E-state index contributed by atoms with van der Waals surface area (Å²) in [7, 11) is 0. The molecule has 0 aliphatic heterocycles. The van der Waals surface area contributed by atoms with Crippen molar-refractivity contribution in [2.75, 3.05) is 5.32 Å². The molecule has 12 heavy (non-hydrogen) atoms. The molecular formula is C9H7N2S. The molecule has 1 radical (unpaired) electrons. The second kappa shape index (κ2) is 3.36. The summed E-state index contributed by atoms with van der Waals surface area (Å²) in [5, 5.41) is 5.86. The lowest BCUT2D eigenvalue weighted by atomic mass is 10.3. The summed E-state index contributed by atoms with van der Waals surface area (Å²) in [5.41, 5.74) is 1.06. The number of hydrogen-bond acceptors (Lipinski definition) is 3. The molecule has 0 fully saturated rings. The number of aromatic nitrogens is 1. The molecule has 0 unspecified atom stereocenters. The maximum atomic E-state index is 3.99. The predicted molar refractivity (Wildman–Crippen MR) is 50.7 cm³/mol. The van der Waals surface area contributed by atoms with E-state index in [4.69, 9.17) is 0 Å². The third kappa shape index (κ3) is 1.62. The first-order valence-electron chi connectivity index (χ1n) is 3.59. The molecule has 59 valence electrons. The Morgan fingerprint density at radius 2 is 2.08 bits per heavy atom. The van der Waals surface area contributed by atoms with Gasteiger partial charge in [-0.1, -0.05) is 18.2 Å². The van der Waals surface area contributed by atoms with Crippen LogP contribution in [0.4, 0.5) is 10.8 Å². The van der Waals surface area contributed by atoms with Crippen LogP contribution in [0.5, 0.6) is 0 Å². The van der Waals surface area contributed by atoms with E-state index >= 15 is 0 Å². The first-order chi connectivity index (χ1) is 5.95. The number of nitrogens with zero attached hydrogens (tertiary/aromatic N) is 1. The van der Waals surface area contributed by atoms with Gasteiger partial charge < -0.3 is 5.32 Å². The summed E-state index contributed by atoms with van der Waals surface area (Å²) in [6.07, 6.45) is 2.76. The van der Waals surface area contributed by atoms with Crippen LogP contribution in [0.2, 0.25) is 0 Å². The van der Waals surface area contributed by atoms with Gasteiger partial charge >= 0.3 is 0 Å². The van der Waals surface area contributed by atoms with Gasteiger partial charge in [0.05, 0.1) is 0 Å². The molecule has 0 amide bonds. The number of anilines is 2. The topological polar surface area (TPSA) is 24.9 Å². The van der Waals surface area contributed by atoms with Crippen LogP contribution < -0.4 is 5.32 Å². The summed E-state index contributed by atoms with van der Waals surface area (Å²) in [6.45, 7) is 0. The molecular weight excluding hydrogens is 168 g/mol. The molecule has 1 aromatic heterocycles. The molecule has 0 aliphatic carbocycles. The smallest absolute Gasteiger partial charge is 0.187 e. The summed E-state index contributed by atoms with van der Waals surface area (Å²) < 4.78 is 0. The minimum Gasteiger partial charge on any atom is -0.332 e. The Kier molecular flexibility index (Phi) is 2.05. The Bertz CT molecular complexity index is 329. The van der Waals surface area contributed by atoms with Crippen LogP contribution in [0.1, 0.15) is 0 Å². The van der Waals surface area contributed by atoms with Gasteiger partial charge in [0.1, 0.15) is 6.20 Å². The lowest BCUT2D eigenvalue weighted by molar-refractivity contribution is 1.38. The van der Waals surface area contributed by atoms with Gasteiger partial charge in [-0.3, -0.25) is 0 Å². The van der Waals surface area contributed by atoms with Crippen LogP contribution in [0.15, 0.2) is 35.7 Å². The molecule has 1 aromatic carbocycles. The van der Waals surface area contributed by atoms with Gasteiger partial charge in [0.25, 0.3) is 0 Å². The first kappa shape index (κ1) is 7.31. The number of rotatable bonds is 2. The average molecular weight is 175 g/mol. The van der Waals surface area contributed by atoms with Gasteiger partial charge in [-0.05, 0) is 12.1 Å². The maximum Gasteiger partial charge on any atom is 0.187 e. The normalized spacial score (nSPS) is 9.67. The summed E-state index contributed by atoms with van der Waals surface area (Å²) in [4.78, 5) is 3.99. The Morgan fingerprint density at radius 1 is 1.25 bits per heavy atom. The quantitative estimate of drug-likeness (QED) is 0.759. The van der Waals surface area contributed by atoms with Crippen molar-refractivity contribution >= 4 is 22.2 Å². The number of thiazole rings is 1. The fourth-order valence-corrected chi connectivity index (χ4v) is 1.40. The van der Waals surface area contributed by atoms with Crippen molar-refractivity contribution in [3.63, 3.8) is 0 Å². The van der Waals surface area contributed by atoms with Crippen LogP contribution >= 0.6 is 11.3 Å². The molecule has 2 nitrogen and oxygen atoms in total. The van der Waals surface area contributed by atoms with Crippen molar-refractivity contribution in [3.8, 4) is 0 Å². The van der Waals surface area contributed by atoms with Crippen LogP contribution in [0.25, 0.3) is 0 Å². The second-order valence-electron chi connectivity index (χ2n) is 2.27. The second-order valence-corrected chi connectivity index (χ2v) is 3.13. The van der Waals surface area contributed by atoms with E-state index in [0.717, 1.165) is 10.8 Å². The number of para-hydroxylation sites is 1. The van der Waals surface area contributed by atoms with E-state index in [-0.39, 0.29) is 0 Å². The van der Waals surface area contributed by atoms with E-state index in [1.165, 1.54) is 11.3 Å². The van der Waals surface area contributed by atoms with E-state index in [1.54, 1.807) is 0 Å². The molecule has 2 aromatic rings. The van der Waals surface area contributed by atoms with Crippen molar-refractivity contribution in [1.82, 2.24) is 4.98 Å². The van der Waals surface area contributed by atoms with Crippen molar-refractivity contribution in [2.45, 2.75) is 0 Å². The summed E-state index contributed by atoms with van der Waals surface area (Å²) in [6, 6.07) is 9.96. The Balaban J connectivity index is 2.15. The van der Waals surface area contributed by atoms with Crippen LogP contribution in [-0.4, -0.2) is 4.98 Å². The molecule has 0 saturated heterocycles.